The van der Waals surface area contributed by atoms with Crippen molar-refractivity contribution in [3.05, 3.63) is 36.3 Å². The molecule has 0 saturated heterocycles. The third-order valence-corrected chi connectivity index (χ3v) is 2.61. The number of ether oxygens (including phenoxy) is 1. The normalized spacial score (nSPS) is 12.1. The number of halogens is 1. The molecule has 7 heteroatoms. The Hall–Kier alpha value is -1.73. The van der Waals surface area contributed by atoms with E-state index < -0.39 is 6.10 Å². The molecule has 1 aromatic carbocycles. The Labute approximate surface area is 108 Å². The molecule has 1 heterocycles. The van der Waals surface area contributed by atoms with Crippen molar-refractivity contribution in [3.63, 3.8) is 0 Å². The van der Waals surface area contributed by atoms with Crippen LogP contribution >= 0.6 is 11.7 Å². The van der Waals surface area contributed by atoms with Gasteiger partial charge in [-0.2, -0.15) is 4.37 Å². The number of aliphatic hydroxyl groups excluding tert-OH is 1. The van der Waals surface area contributed by atoms with Gasteiger partial charge < -0.3 is 15.2 Å². The molecular weight excluding hydrogens is 257 g/mol. The summed E-state index contributed by atoms with van der Waals surface area (Å²) in [6.07, 6.45) is 0.807. The fourth-order valence-corrected chi connectivity index (χ4v) is 1.63. The van der Waals surface area contributed by atoms with Crippen molar-refractivity contribution in [3.8, 4) is 5.88 Å². The lowest BCUT2D eigenvalue weighted by Crippen LogP contribution is -2.26. The lowest BCUT2D eigenvalue weighted by molar-refractivity contribution is 0.115. The number of aliphatic hydroxyl groups is 1. The summed E-state index contributed by atoms with van der Waals surface area (Å²) < 4.78 is 25.5. The second kappa shape index (κ2) is 6.27. The van der Waals surface area contributed by atoms with Gasteiger partial charge in [0.05, 0.1) is 11.7 Å². The summed E-state index contributed by atoms with van der Waals surface area (Å²) in [6.45, 7) is 0.433. The highest BCUT2D eigenvalue weighted by Gasteiger charge is 2.06. The van der Waals surface area contributed by atoms with Crippen LogP contribution < -0.4 is 10.1 Å². The van der Waals surface area contributed by atoms with Crippen LogP contribution in [0.15, 0.2) is 30.5 Å². The van der Waals surface area contributed by atoms with Crippen LogP contribution in [0.4, 0.5) is 10.1 Å². The minimum Gasteiger partial charge on any atom is -0.473 e. The van der Waals surface area contributed by atoms with Crippen LogP contribution in [0, 0.1) is 5.82 Å². The minimum atomic E-state index is -0.684. The molecule has 0 saturated carbocycles. The van der Waals surface area contributed by atoms with Crippen molar-refractivity contribution in [1.29, 1.82) is 0 Å². The van der Waals surface area contributed by atoms with Crippen molar-refractivity contribution in [2.24, 2.45) is 0 Å². The summed E-state index contributed by atoms with van der Waals surface area (Å²) in [5.41, 5.74) is 0.741. The van der Waals surface area contributed by atoms with Gasteiger partial charge in [0.1, 0.15) is 24.7 Å². The van der Waals surface area contributed by atoms with Gasteiger partial charge in [-0.05, 0) is 24.3 Å². The van der Waals surface area contributed by atoms with Crippen LogP contribution in [0.2, 0.25) is 0 Å². The average Bonchev–Trinajstić information content (AvgIpc) is 2.89. The van der Waals surface area contributed by atoms with Crippen molar-refractivity contribution in [2.45, 2.75) is 6.10 Å². The second-order valence-corrected chi connectivity index (χ2v) is 4.15. The number of rotatable bonds is 6. The van der Waals surface area contributed by atoms with Crippen LogP contribution in [0.1, 0.15) is 0 Å². The number of aromatic nitrogens is 2. The summed E-state index contributed by atoms with van der Waals surface area (Å²) in [5, 5.41) is 12.6. The number of anilines is 1. The summed E-state index contributed by atoms with van der Waals surface area (Å²) in [7, 11) is 0. The predicted octanol–water partition coefficient (Wildman–Crippen LogP) is 1.53. The Balaban J connectivity index is 1.71. The summed E-state index contributed by atoms with van der Waals surface area (Å²) >= 11 is 1.05. The van der Waals surface area contributed by atoms with Crippen LogP contribution in [-0.2, 0) is 0 Å². The van der Waals surface area contributed by atoms with E-state index in [1.165, 1.54) is 18.3 Å². The standard InChI is InChI=1S/C11H12FN3O2S/c12-8-1-3-9(4-2-8)13-5-10(16)7-17-11-6-14-18-15-11/h1-4,6,10,13,16H,5,7H2. The highest BCUT2D eigenvalue weighted by atomic mass is 32.1. The number of nitrogens with one attached hydrogen (secondary N) is 1. The largest absolute Gasteiger partial charge is 0.473 e. The van der Waals surface area contributed by atoms with E-state index in [2.05, 4.69) is 14.1 Å². The second-order valence-electron chi connectivity index (χ2n) is 3.60. The first-order valence-corrected chi connectivity index (χ1v) is 6.05. The fraction of sp³-hybridized carbons (Fsp3) is 0.273. The zero-order chi connectivity index (χ0) is 12.8. The fourth-order valence-electron chi connectivity index (χ4n) is 1.26. The first-order valence-electron chi connectivity index (χ1n) is 5.32. The third-order valence-electron chi connectivity index (χ3n) is 2.15. The number of hydrogen-bond donors (Lipinski definition) is 2. The Morgan fingerprint density at radius 3 is 2.83 bits per heavy atom. The van der Waals surface area contributed by atoms with Gasteiger partial charge in [0.2, 0.25) is 5.88 Å². The van der Waals surface area contributed by atoms with E-state index in [9.17, 15) is 9.50 Å². The Kier molecular flexibility index (Phi) is 4.43. The van der Waals surface area contributed by atoms with E-state index in [-0.39, 0.29) is 12.4 Å². The molecule has 2 rings (SSSR count). The monoisotopic (exact) mass is 269 g/mol. The maximum absolute atomic E-state index is 12.7. The van der Waals surface area contributed by atoms with E-state index in [1.54, 1.807) is 12.1 Å². The lowest BCUT2D eigenvalue weighted by Gasteiger charge is -2.12. The van der Waals surface area contributed by atoms with Crippen molar-refractivity contribution >= 4 is 17.4 Å². The molecule has 2 aromatic rings. The molecule has 0 aliphatic heterocycles. The van der Waals surface area contributed by atoms with Crippen LogP contribution in [0.25, 0.3) is 0 Å². The predicted molar refractivity (Wildman–Crippen MR) is 66.3 cm³/mol. The van der Waals surface area contributed by atoms with E-state index in [0.717, 1.165) is 17.4 Å². The molecule has 1 unspecified atom stereocenters. The summed E-state index contributed by atoms with van der Waals surface area (Å²) in [4.78, 5) is 0. The quantitative estimate of drug-likeness (QED) is 0.832. The zero-order valence-corrected chi connectivity index (χ0v) is 10.2. The molecule has 0 amide bonds. The number of hydrogen-bond acceptors (Lipinski definition) is 6. The van der Waals surface area contributed by atoms with Gasteiger partial charge in [0.15, 0.2) is 0 Å². The minimum absolute atomic E-state index is 0.125. The first kappa shape index (κ1) is 12.7. The van der Waals surface area contributed by atoms with Gasteiger partial charge >= 0.3 is 0 Å². The Bertz CT molecular complexity index is 464. The molecule has 1 aromatic heterocycles. The van der Waals surface area contributed by atoms with Crippen molar-refractivity contribution < 1.29 is 14.2 Å². The molecule has 18 heavy (non-hydrogen) atoms. The van der Waals surface area contributed by atoms with Crippen LogP contribution in [0.5, 0.6) is 5.88 Å². The zero-order valence-electron chi connectivity index (χ0n) is 9.41. The molecule has 0 aliphatic rings. The van der Waals surface area contributed by atoms with E-state index in [0.29, 0.717) is 12.4 Å². The maximum Gasteiger partial charge on any atom is 0.245 e. The number of benzene rings is 1. The highest BCUT2D eigenvalue weighted by Crippen LogP contribution is 2.09. The smallest absolute Gasteiger partial charge is 0.245 e. The van der Waals surface area contributed by atoms with Crippen molar-refractivity contribution in [1.82, 2.24) is 8.75 Å². The highest BCUT2D eigenvalue weighted by molar-refractivity contribution is 6.99. The Morgan fingerprint density at radius 1 is 1.39 bits per heavy atom. The number of nitrogens with zero attached hydrogens (tertiary/aromatic N) is 2. The first-order chi connectivity index (χ1) is 8.74. The molecule has 0 spiro atoms. The van der Waals surface area contributed by atoms with Gasteiger partial charge in [0, 0.05) is 12.2 Å². The molecule has 0 radical (unpaired) electrons. The van der Waals surface area contributed by atoms with Gasteiger partial charge in [-0.15, -0.1) is 4.37 Å². The van der Waals surface area contributed by atoms with Crippen LogP contribution in [0.3, 0.4) is 0 Å². The van der Waals surface area contributed by atoms with E-state index in [1.807, 2.05) is 0 Å². The molecule has 2 N–H and O–H groups in total. The molecular formula is C11H12FN3O2S. The van der Waals surface area contributed by atoms with Gasteiger partial charge in [-0.1, -0.05) is 0 Å². The lowest BCUT2D eigenvalue weighted by atomic mass is 10.3. The average molecular weight is 269 g/mol. The molecule has 0 fully saturated rings. The van der Waals surface area contributed by atoms with Crippen LogP contribution in [-0.4, -0.2) is 33.1 Å². The van der Waals surface area contributed by atoms with E-state index in [4.69, 9.17) is 4.74 Å². The third kappa shape index (κ3) is 3.94. The topological polar surface area (TPSA) is 67.3 Å². The summed E-state index contributed by atoms with van der Waals surface area (Å²) in [5.74, 6) is 0.112. The van der Waals surface area contributed by atoms with Gasteiger partial charge in [-0.25, -0.2) is 4.39 Å². The molecule has 0 aliphatic carbocycles. The molecule has 1 atom stereocenters. The molecule has 96 valence electrons. The Morgan fingerprint density at radius 2 is 2.17 bits per heavy atom. The molecule has 5 nitrogen and oxygen atoms in total. The van der Waals surface area contributed by atoms with Crippen molar-refractivity contribution in [2.75, 3.05) is 18.5 Å². The van der Waals surface area contributed by atoms with Gasteiger partial charge in [0.25, 0.3) is 0 Å². The summed E-state index contributed by atoms with van der Waals surface area (Å²) in [6, 6.07) is 5.92. The maximum atomic E-state index is 12.7. The molecule has 0 bridgehead atoms. The van der Waals surface area contributed by atoms with Gasteiger partial charge in [-0.3, -0.25) is 0 Å². The van der Waals surface area contributed by atoms with E-state index >= 15 is 0 Å². The SMILES string of the molecule is OC(CNc1ccc(F)cc1)COc1cnsn1.